The molecule has 0 aliphatic heterocycles. The van der Waals surface area contributed by atoms with Crippen molar-refractivity contribution in [1.29, 1.82) is 0 Å². The summed E-state index contributed by atoms with van der Waals surface area (Å²) in [5, 5.41) is 0. The number of carbonyl (C=O) groups excluding carboxylic acids is 1. The fraction of sp³-hybridized carbons (Fsp3) is 0.0870. The van der Waals surface area contributed by atoms with E-state index in [0.29, 0.717) is 12.3 Å². The van der Waals surface area contributed by atoms with Crippen LogP contribution in [0.25, 0.3) is 16.6 Å². The molecule has 3 heteroatoms. The molecular weight excluding hydrogens is 322 g/mol. The van der Waals surface area contributed by atoms with Gasteiger partial charge in [0.2, 0.25) is 0 Å². The molecule has 0 aliphatic rings. The van der Waals surface area contributed by atoms with Crippen molar-refractivity contribution < 1.29 is 9.53 Å². The molecule has 0 amide bonds. The average molecular weight is 341 g/mol. The number of fused-ring (bicyclic) bond motifs is 1. The van der Waals surface area contributed by atoms with Crippen LogP contribution in [0.3, 0.4) is 0 Å². The van der Waals surface area contributed by atoms with Crippen molar-refractivity contribution in [3.63, 3.8) is 0 Å². The van der Waals surface area contributed by atoms with Crippen LogP contribution in [0.1, 0.15) is 21.6 Å². The molecule has 0 radical (unpaired) electrons. The molecule has 0 unspecified atom stereocenters. The molecule has 0 bridgehead atoms. The molecule has 26 heavy (non-hydrogen) atoms. The summed E-state index contributed by atoms with van der Waals surface area (Å²) in [6.07, 6.45) is 2.83. The maximum Gasteiger partial charge on any atom is 0.167 e. The maximum atomic E-state index is 11.7. The number of carbonyl (C=O) groups is 1. The molecule has 0 aliphatic carbocycles. The number of aldehydes is 1. The monoisotopic (exact) mass is 341 g/mol. The van der Waals surface area contributed by atoms with Gasteiger partial charge in [0.05, 0.1) is 5.69 Å². The molecule has 0 atom stereocenters. The quantitative estimate of drug-likeness (QED) is 0.461. The number of pyridine rings is 1. The lowest BCUT2D eigenvalue weighted by atomic mass is 10.0. The van der Waals surface area contributed by atoms with Crippen LogP contribution in [0.5, 0.6) is 5.75 Å². The van der Waals surface area contributed by atoms with E-state index in [9.17, 15) is 4.79 Å². The molecule has 4 aromatic rings. The molecule has 4 rings (SSSR count). The van der Waals surface area contributed by atoms with Crippen LogP contribution in [0.15, 0.2) is 79.0 Å². The van der Waals surface area contributed by atoms with Crippen LogP contribution in [-0.2, 0) is 6.61 Å². The van der Waals surface area contributed by atoms with Gasteiger partial charge in [-0.3, -0.25) is 4.79 Å². The minimum atomic E-state index is 0.537. The lowest BCUT2D eigenvalue weighted by molar-refractivity contribution is 0.111. The molecule has 0 spiro atoms. The van der Waals surface area contributed by atoms with Gasteiger partial charge >= 0.3 is 0 Å². The van der Waals surface area contributed by atoms with Gasteiger partial charge in [0.1, 0.15) is 12.4 Å². The predicted octanol–water partition coefficient (Wildman–Crippen LogP) is 5.31. The van der Waals surface area contributed by atoms with E-state index in [1.54, 1.807) is 0 Å². The van der Waals surface area contributed by atoms with E-state index < -0.39 is 0 Å². The second-order valence-electron chi connectivity index (χ2n) is 6.31. The normalized spacial score (nSPS) is 10.8. The number of hydrogen-bond donors (Lipinski definition) is 0. The molecule has 3 nitrogen and oxygen atoms in total. The fourth-order valence-corrected chi connectivity index (χ4v) is 3.25. The standard InChI is InChI=1S/C23H19NO2/c1-17-13-20(26-16-18-7-3-2-4-8-18)10-11-21(17)22-14-19-9-5-6-12-24(19)23(22)15-25/h2-15H,16H2,1H3. The molecule has 0 saturated heterocycles. The lowest BCUT2D eigenvalue weighted by Crippen LogP contribution is -1.96. The average Bonchev–Trinajstić information content (AvgIpc) is 3.05. The highest BCUT2D eigenvalue weighted by atomic mass is 16.5. The SMILES string of the molecule is Cc1cc(OCc2ccccc2)ccc1-c1cc2ccccn2c1C=O. The number of aromatic nitrogens is 1. The van der Waals surface area contributed by atoms with Crippen molar-refractivity contribution in [3.8, 4) is 16.9 Å². The smallest absolute Gasteiger partial charge is 0.167 e. The first-order valence-electron chi connectivity index (χ1n) is 8.59. The highest BCUT2D eigenvalue weighted by Gasteiger charge is 2.13. The summed E-state index contributed by atoms with van der Waals surface area (Å²) in [4.78, 5) is 11.7. The minimum Gasteiger partial charge on any atom is -0.489 e. The first-order valence-corrected chi connectivity index (χ1v) is 8.59. The Balaban J connectivity index is 1.65. The molecule has 0 N–H and O–H groups in total. The van der Waals surface area contributed by atoms with Gasteiger partial charge in [-0.05, 0) is 53.9 Å². The summed E-state index contributed by atoms with van der Waals surface area (Å²) in [6.45, 7) is 2.58. The zero-order valence-electron chi connectivity index (χ0n) is 14.6. The van der Waals surface area contributed by atoms with Crippen molar-refractivity contribution in [2.75, 3.05) is 0 Å². The van der Waals surface area contributed by atoms with Crippen molar-refractivity contribution >= 4 is 11.8 Å². The Hall–Kier alpha value is -3.33. The number of benzene rings is 2. The van der Waals surface area contributed by atoms with Crippen molar-refractivity contribution in [2.45, 2.75) is 13.5 Å². The molecule has 2 aromatic heterocycles. The first-order chi connectivity index (χ1) is 12.8. The second-order valence-corrected chi connectivity index (χ2v) is 6.31. The zero-order valence-corrected chi connectivity index (χ0v) is 14.6. The van der Waals surface area contributed by atoms with Gasteiger partial charge in [-0.2, -0.15) is 0 Å². The summed E-state index contributed by atoms with van der Waals surface area (Å²) >= 11 is 0. The Bertz CT molecular complexity index is 1060. The van der Waals surface area contributed by atoms with Crippen molar-refractivity contribution in [1.82, 2.24) is 4.40 Å². The number of aryl methyl sites for hydroxylation is 1. The van der Waals surface area contributed by atoms with Crippen LogP contribution in [-0.4, -0.2) is 10.7 Å². The number of nitrogens with zero attached hydrogens (tertiary/aromatic N) is 1. The second kappa shape index (κ2) is 6.89. The predicted molar refractivity (Wildman–Crippen MR) is 104 cm³/mol. The first kappa shape index (κ1) is 16.2. The summed E-state index contributed by atoms with van der Waals surface area (Å²) in [6, 6.07) is 24.1. The highest BCUT2D eigenvalue weighted by molar-refractivity contribution is 5.90. The van der Waals surface area contributed by atoms with E-state index in [-0.39, 0.29) is 0 Å². The Morgan fingerprint density at radius 2 is 1.73 bits per heavy atom. The van der Waals surface area contributed by atoms with Crippen LogP contribution >= 0.6 is 0 Å². The van der Waals surface area contributed by atoms with E-state index >= 15 is 0 Å². The van der Waals surface area contributed by atoms with Crippen LogP contribution in [0, 0.1) is 6.92 Å². The van der Waals surface area contributed by atoms with Gasteiger partial charge in [-0.25, -0.2) is 0 Å². The van der Waals surface area contributed by atoms with Crippen LogP contribution in [0.2, 0.25) is 0 Å². The van der Waals surface area contributed by atoms with Crippen LogP contribution in [0.4, 0.5) is 0 Å². The Morgan fingerprint density at radius 1 is 0.923 bits per heavy atom. The van der Waals surface area contributed by atoms with Gasteiger partial charge in [0, 0.05) is 17.3 Å². The summed E-state index contributed by atoms with van der Waals surface area (Å²) in [7, 11) is 0. The topological polar surface area (TPSA) is 30.7 Å². The highest BCUT2D eigenvalue weighted by Crippen LogP contribution is 2.31. The zero-order chi connectivity index (χ0) is 17.9. The summed E-state index contributed by atoms with van der Waals surface area (Å²) in [5.41, 5.74) is 5.88. The van der Waals surface area contributed by atoms with E-state index in [2.05, 4.69) is 6.07 Å². The van der Waals surface area contributed by atoms with Gasteiger partial charge in [0.15, 0.2) is 6.29 Å². The fourth-order valence-electron chi connectivity index (χ4n) is 3.25. The molecule has 0 saturated carbocycles. The Labute approximate surface area is 152 Å². The van der Waals surface area contributed by atoms with Gasteiger partial charge < -0.3 is 9.14 Å². The summed E-state index contributed by atoms with van der Waals surface area (Å²) < 4.78 is 7.82. The van der Waals surface area contributed by atoms with Crippen LogP contribution < -0.4 is 4.74 Å². The van der Waals surface area contributed by atoms with Gasteiger partial charge in [-0.1, -0.05) is 42.5 Å². The third-order valence-electron chi connectivity index (χ3n) is 4.57. The third kappa shape index (κ3) is 3.00. The van der Waals surface area contributed by atoms with Crippen molar-refractivity contribution in [3.05, 3.63) is 95.8 Å². The van der Waals surface area contributed by atoms with Gasteiger partial charge in [0.25, 0.3) is 0 Å². The van der Waals surface area contributed by atoms with Gasteiger partial charge in [-0.15, -0.1) is 0 Å². The minimum absolute atomic E-state index is 0.537. The number of hydrogen-bond acceptors (Lipinski definition) is 2. The molecular formula is C23H19NO2. The van der Waals surface area contributed by atoms with E-state index in [4.69, 9.17) is 4.74 Å². The number of rotatable bonds is 5. The maximum absolute atomic E-state index is 11.7. The Kier molecular flexibility index (Phi) is 4.28. The van der Waals surface area contributed by atoms with E-state index in [1.165, 1.54) is 0 Å². The Morgan fingerprint density at radius 3 is 2.50 bits per heavy atom. The summed E-state index contributed by atoms with van der Waals surface area (Å²) in [5.74, 6) is 0.825. The largest absolute Gasteiger partial charge is 0.489 e. The molecule has 128 valence electrons. The molecule has 0 fully saturated rings. The lowest BCUT2D eigenvalue weighted by Gasteiger charge is -2.10. The number of ether oxygens (including phenoxy) is 1. The van der Waals surface area contributed by atoms with E-state index in [1.807, 2.05) is 84.3 Å². The molecule has 2 aromatic carbocycles. The van der Waals surface area contributed by atoms with Crippen molar-refractivity contribution in [2.24, 2.45) is 0 Å². The molecule has 2 heterocycles. The third-order valence-corrected chi connectivity index (χ3v) is 4.57. The van der Waals surface area contributed by atoms with E-state index in [0.717, 1.165) is 39.8 Å².